The summed E-state index contributed by atoms with van der Waals surface area (Å²) < 4.78 is 0. The van der Waals surface area contributed by atoms with Crippen LogP contribution in [0.2, 0.25) is 4.89 Å². The van der Waals surface area contributed by atoms with Gasteiger partial charge in [-0.1, -0.05) is 0 Å². The Labute approximate surface area is 57.1 Å². The first-order valence-corrected chi connectivity index (χ1v) is 2.07. The first-order valence-electron chi connectivity index (χ1n) is 1.50. The first-order chi connectivity index (χ1) is 2.27. The van der Waals surface area contributed by atoms with Gasteiger partial charge in [0, 0.05) is 0 Å². The van der Waals surface area contributed by atoms with Crippen LogP contribution in [0.1, 0.15) is 6.92 Å². The Balaban J connectivity index is 0. The second kappa shape index (κ2) is 5.71. The van der Waals surface area contributed by atoms with Crippen molar-refractivity contribution in [3.05, 3.63) is 12.7 Å². The predicted molar refractivity (Wildman–Crippen MR) is 29.9 cm³/mol. The third kappa shape index (κ3) is 8.83. The Morgan fingerprint density at radius 3 is 2.00 bits per heavy atom. The van der Waals surface area contributed by atoms with Crippen molar-refractivity contribution in [3.8, 4) is 0 Å². The van der Waals surface area contributed by atoms with Crippen LogP contribution < -0.4 is 0 Å². The molecule has 1 unspecified atom stereocenters. The van der Waals surface area contributed by atoms with Gasteiger partial charge in [0.05, 0.1) is 0 Å². The molecule has 0 fully saturated rings. The van der Waals surface area contributed by atoms with Gasteiger partial charge in [-0.15, -0.1) is 17.0 Å². The Morgan fingerprint density at radius 2 is 2.00 bits per heavy atom. The van der Waals surface area contributed by atoms with Crippen LogP contribution in [0.5, 0.6) is 0 Å². The molecule has 0 amide bonds. The summed E-state index contributed by atoms with van der Waals surface area (Å²) in [5.41, 5.74) is 0. The summed E-state index contributed by atoms with van der Waals surface area (Å²) in [6.45, 7) is 5.40. The van der Waals surface area contributed by atoms with E-state index in [1.807, 2.05) is 6.92 Å². The molecule has 0 bridgehead atoms. The van der Waals surface area contributed by atoms with Gasteiger partial charge in [0.2, 0.25) is 0 Å². The van der Waals surface area contributed by atoms with Crippen molar-refractivity contribution < 1.29 is 15.5 Å². The average molecular weight is 195 g/mol. The molecular formula is C4H8BrNi. The van der Waals surface area contributed by atoms with E-state index in [1.54, 1.807) is 6.08 Å². The Hall–Kier alpha value is 0.714. The summed E-state index contributed by atoms with van der Waals surface area (Å²) in [5.74, 6) is 0. The van der Waals surface area contributed by atoms with Gasteiger partial charge in [0.25, 0.3) is 0 Å². The van der Waals surface area contributed by atoms with Crippen molar-refractivity contribution in [1.29, 1.82) is 0 Å². The second-order valence-corrected chi connectivity index (χ2v) is 1.76. The molecule has 2 heteroatoms. The third-order valence-electron chi connectivity index (χ3n) is 0.310. The SMILES string of the molecule is Br.C=C[CH](C)[Ni]. The summed E-state index contributed by atoms with van der Waals surface area (Å²) in [6.07, 6.45) is 1.75. The molecule has 41 valence electrons. The van der Waals surface area contributed by atoms with E-state index in [0.29, 0.717) is 0 Å². The van der Waals surface area contributed by atoms with E-state index >= 15 is 0 Å². The topological polar surface area (TPSA) is 0 Å². The van der Waals surface area contributed by atoms with Crippen LogP contribution in [0.4, 0.5) is 0 Å². The fourth-order valence-corrected chi connectivity index (χ4v) is 0. The molecule has 0 aliphatic carbocycles. The summed E-state index contributed by atoms with van der Waals surface area (Å²) in [4.78, 5) is 0.273. The van der Waals surface area contributed by atoms with E-state index in [-0.39, 0.29) is 21.9 Å². The molecule has 0 aliphatic rings. The summed E-state index contributed by atoms with van der Waals surface area (Å²) in [7, 11) is 0. The molecule has 0 N–H and O–H groups in total. The van der Waals surface area contributed by atoms with Crippen molar-refractivity contribution in [2.24, 2.45) is 0 Å². The summed E-state index contributed by atoms with van der Waals surface area (Å²) in [6, 6.07) is 0. The van der Waals surface area contributed by atoms with Crippen molar-refractivity contribution in [2.75, 3.05) is 0 Å². The molecule has 0 rings (SSSR count). The first kappa shape index (κ1) is 9.86. The quantitative estimate of drug-likeness (QED) is 0.443. The van der Waals surface area contributed by atoms with E-state index in [0.717, 1.165) is 0 Å². The molecule has 0 saturated carbocycles. The van der Waals surface area contributed by atoms with Crippen molar-refractivity contribution in [2.45, 2.75) is 11.8 Å². The zero-order valence-electron chi connectivity index (χ0n) is 3.59. The van der Waals surface area contributed by atoms with Crippen LogP contribution in [0, 0.1) is 0 Å². The monoisotopic (exact) mass is 193 g/mol. The van der Waals surface area contributed by atoms with Gasteiger partial charge in [-0.3, -0.25) is 0 Å². The van der Waals surface area contributed by atoms with E-state index in [4.69, 9.17) is 0 Å². The molecular weight excluding hydrogens is 187 g/mol. The van der Waals surface area contributed by atoms with Gasteiger partial charge in [-0.05, 0) is 0 Å². The number of hydrogen-bond donors (Lipinski definition) is 0. The van der Waals surface area contributed by atoms with E-state index < -0.39 is 0 Å². The van der Waals surface area contributed by atoms with Crippen LogP contribution in [0.15, 0.2) is 12.7 Å². The molecule has 0 nitrogen and oxygen atoms in total. The maximum atomic E-state index is 4.41. The molecule has 1 atom stereocenters. The summed E-state index contributed by atoms with van der Waals surface area (Å²) >= 11 is 4.41. The van der Waals surface area contributed by atoms with Crippen LogP contribution in [0.3, 0.4) is 0 Å². The predicted octanol–water partition coefficient (Wildman–Crippen LogP) is 2.11. The minimum absolute atomic E-state index is 0. The number of allylic oxidation sites excluding steroid dienone is 1. The van der Waals surface area contributed by atoms with Gasteiger partial charge in [0.15, 0.2) is 0 Å². The van der Waals surface area contributed by atoms with E-state index in [1.165, 1.54) is 0 Å². The molecule has 0 spiro atoms. The van der Waals surface area contributed by atoms with Crippen molar-refractivity contribution in [3.63, 3.8) is 0 Å². The van der Waals surface area contributed by atoms with Gasteiger partial charge < -0.3 is 0 Å². The maximum absolute atomic E-state index is 4.41. The normalized spacial score (nSPS) is 11.8. The number of rotatable bonds is 1. The average Bonchev–Trinajstić information content (AvgIpc) is 1.38. The molecule has 0 heterocycles. The number of halogens is 1. The van der Waals surface area contributed by atoms with Crippen LogP contribution in [0.25, 0.3) is 0 Å². The van der Waals surface area contributed by atoms with Crippen LogP contribution in [-0.2, 0) is 15.5 Å². The van der Waals surface area contributed by atoms with Gasteiger partial charge in [0.1, 0.15) is 0 Å². The van der Waals surface area contributed by atoms with Crippen molar-refractivity contribution in [1.82, 2.24) is 0 Å². The van der Waals surface area contributed by atoms with Crippen LogP contribution in [-0.4, -0.2) is 0 Å². The Bertz CT molecular complexity index is 34.5. The minimum atomic E-state index is 0. The zero-order chi connectivity index (χ0) is 4.28. The van der Waals surface area contributed by atoms with Gasteiger partial charge in [-0.25, -0.2) is 0 Å². The molecule has 0 aliphatic heterocycles. The molecule has 0 aromatic rings. The molecule has 0 aromatic heterocycles. The Kier molecular flexibility index (Phi) is 9.39. The zero-order valence-corrected chi connectivity index (χ0v) is 6.29. The standard InChI is InChI=1S/C4H7.BrH.Ni/c1-3-4-2;;/h3-4H,1H2,2H3;1H;. The van der Waals surface area contributed by atoms with Gasteiger partial charge >= 0.3 is 39.9 Å². The fraction of sp³-hybridized carbons (Fsp3) is 0.500. The fourth-order valence-electron chi connectivity index (χ4n) is 0. The number of hydrogen-bond acceptors (Lipinski definition) is 0. The molecule has 0 aromatic carbocycles. The van der Waals surface area contributed by atoms with Gasteiger partial charge in [-0.2, -0.15) is 0 Å². The molecule has 0 saturated heterocycles. The third-order valence-corrected chi connectivity index (χ3v) is 0.543. The Morgan fingerprint density at radius 1 is 1.83 bits per heavy atom. The molecule has 6 heavy (non-hydrogen) atoms. The second-order valence-electron chi connectivity index (χ2n) is 0.857. The summed E-state index contributed by atoms with van der Waals surface area (Å²) in [5, 5.41) is 0. The van der Waals surface area contributed by atoms with Crippen molar-refractivity contribution >= 4 is 17.0 Å². The van der Waals surface area contributed by atoms with E-state index in [2.05, 4.69) is 22.0 Å². The van der Waals surface area contributed by atoms with E-state index in [9.17, 15) is 0 Å². The molecule has 0 radical (unpaired) electrons. The van der Waals surface area contributed by atoms with Crippen LogP contribution >= 0.6 is 17.0 Å².